The van der Waals surface area contributed by atoms with Crippen LogP contribution in [0.1, 0.15) is 5.56 Å². The number of thiazole rings is 1. The number of aromatic nitrogens is 1. The van der Waals surface area contributed by atoms with Gasteiger partial charge in [0, 0.05) is 11.3 Å². The molecule has 0 spiro atoms. The molecule has 0 saturated carbocycles. The van der Waals surface area contributed by atoms with E-state index in [4.69, 9.17) is 14.2 Å². The van der Waals surface area contributed by atoms with Crippen molar-refractivity contribution in [2.24, 2.45) is 0 Å². The quantitative estimate of drug-likeness (QED) is 0.435. The molecule has 0 fully saturated rings. The molecule has 1 heterocycles. The molecule has 0 aliphatic carbocycles. The van der Waals surface area contributed by atoms with E-state index in [1.807, 2.05) is 42.5 Å². The van der Waals surface area contributed by atoms with Gasteiger partial charge in [-0.15, -0.1) is 11.3 Å². The first-order valence-electron chi connectivity index (χ1n) is 9.66. The Morgan fingerprint density at radius 3 is 2.23 bits per heavy atom. The maximum absolute atomic E-state index is 12.6. The third kappa shape index (κ3) is 4.46. The maximum Gasteiger partial charge on any atom is 0.228 e. The second kappa shape index (κ2) is 9.06. The van der Waals surface area contributed by atoms with Gasteiger partial charge in [-0.2, -0.15) is 0 Å². The zero-order chi connectivity index (χ0) is 21.8. The van der Waals surface area contributed by atoms with Crippen LogP contribution in [0.4, 0.5) is 5.69 Å². The normalized spacial score (nSPS) is 10.7. The monoisotopic (exact) mass is 434 g/mol. The zero-order valence-electron chi connectivity index (χ0n) is 17.5. The van der Waals surface area contributed by atoms with Gasteiger partial charge >= 0.3 is 0 Å². The topological polar surface area (TPSA) is 69.7 Å². The summed E-state index contributed by atoms with van der Waals surface area (Å²) in [5, 5.41) is 3.89. The van der Waals surface area contributed by atoms with Crippen molar-refractivity contribution in [2.75, 3.05) is 26.6 Å². The van der Waals surface area contributed by atoms with Crippen LogP contribution in [-0.4, -0.2) is 32.2 Å². The average Bonchev–Trinajstić information content (AvgIpc) is 3.23. The van der Waals surface area contributed by atoms with Gasteiger partial charge in [0.05, 0.1) is 38.0 Å². The number of rotatable bonds is 7. The number of benzene rings is 3. The Kier molecular flexibility index (Phi) is 6.04. The Hall–Kier alpha value is -3.58. The van der Waals surface area contributed by atoms with Gasteiger partial charge in [0.1, 0.15) is 5.01 Å². The van der Waals surface area contributed by atoms with Crippen LogP contribution in [0.2, 0.25) is 0 Å². The summed E-state index contributed by atoms with van der Waals surface area (Å²) >= 11 is 1.65. The molecule has 4 aromatic rings. The Bertz CT molecular complexity index is 1160. The molecule has 0 aliphatic rings. The van der Waals surface area contributed by atoms with Gasteiger partial charge < -0.3 is 19.5 Å². The molecular formula is C24H22N2O4S. The summed E-state index contributed by atoms with van der Waals surface area (Å²) in [6.07, 6.45) is 0.177. The number of hydrogen-bond acceptors (Lipinski definition) is 6. The number of hydrogen-bond donors (Lipinski definition) is 1. The summed E-state index contributed by atoms with van der Waals surface area (Å²) in [4.78, 5) is 17.2. The van der Waals surface area contributed by atoms with E-state index in [9.17, 15) is 4.79 Å². The minimum absolute atomic E-state index is 0.137. The first-order valence-corrected chi connectivity index (χ1v) is 10.5. The van der Waals surface area contributed by atoms with Crippen LogP contribution in [0.25, 0.3) is 20.8 Å². The number of anilines is 1. The van der Waals surface area contributed by atoms with E-state index in [1.54, 1.807) is 44.8 Å². The van der Waals surface area contributed by atoms with Crippen LogP contribution in [0, 0.1) is 0 Å². The standard InChI is InChI=1S/C24H22N2O4S/c1-28-19-12-15(13-20(29-2)23(19)30-3)14-22(27)25-17-10-8-16(9-11-17)24-26-18-6-4-5-7-21(18)31-24/h4-13H,14H2,1-3H3,(H,25,27). The maximum atomic E-state index is 12.6. The first-order chi connectivity index (χ1) is 15.1. The van der Waals surface area contributed by atoms with Gasteiger partial charge in [0.25, 0.3) is 0 Å². The third-order valence-electron chi connectivity index (χ3n) is 4.80. The molecule has 7 heteroatoms. The number of methoxy groups -OCH3 is 3. The molecular weight excluding hydrogens is 412 g/mol. The number of nitrogens with zero attached hydrogens (tertiary/aromatic N) is 1. The highest BCUT2D eigenvalue weighted by Crippen LogP contribution is 2.38. The van der Waals surface area contributed by atoms with Crippen molar-refractivity contribution in [3.05, 3.63) is 66.2 Å². The van der Waals surface area contributed by atoms with E-state index >= 15 is 0 Å². The molecule has 0 saturated heterocycles. The van der Waals surface area contributed by atoms with Crippen LogP contribution in [-0.2, 0) is 11.2 Å². The summed E-state index contributed by atoms with van der Waals surface area (Å²) in [7, 11) is 4.65. The van der Waals surface area contributed by atoms with Crippen molar-refractivity contribution in [1.82, 2.24) is 4.98 Å². The summed E-state index contributed by atoms with van der Waals surface area (Å²) in [6.45, 7) is 0. The Balaban J connectivity index is 1.46. The molecule has 1 aromatic heterocycles. The number of nitrogens with one attached hydrogen (secondary N) is 1. The van der Waals surface area contributed by atoms with Gasteiger partial charge in [-0.05, 0) is 54.1 Å². The molecule has 0 unspecified atom stereocenters. The number of para-hydroxylation sites is 1. The molecule has 0 bridgehead atoms. The number of carbonyl (C=O) groups is 1. The SMILES string of the molecule is COc1cc(CC(=O)Nc2ccc(-c3nc4ccccc4s3)cc2)cc(OC)c1OC. The van der Waals surface area contributed by atoms with Crippen LogP contribution >= 0.6 is 11.3 Å². The summed E-state index contributed by atoms with van der Waals surface area (Å²) < 4.78 is 17.2. The predicted octanol–water partition coefficient (Wildman–Crippen LogP) is 5.17. The van der Waals surface area contributed by atoms with Crippen LogP contribution < -0.4 is 19.5 Å². The number of ether oxygens (including phenoxy) is 3. The highest BCUT2D eigenvalue weighted by atomic mass is 32.1. The highest BCUT2D eigenvalue weighted by Gasteiger charge is 2.15. The van der Waals surface area contributed by atoms with Crippen molar-refractivity contribution < 1.29 is 19.0 Å². The predicted molar refractivity (Wildman–Crippen MR) is 123 cm³/mol. The molecule has 31 heavy (non-hydrogen) atoms. The van der Waals surface area contributed by atoms with E-state index < -0.39 is 0 Å². The molecule has 158 valence electrons. The lowest BCUT2D eigenvalue weighted by molar-refractivity contribution is -0.115. The molecule has 3 aromatic carbocycles. The number of amides is 1. The third-order valence-corrected chi connectivity index (χ3v) is 5.88. The number of fused-ring (bicyclic) bond motifs is 1. The summed E-state index contributed by atoms with van der Waals surface area (Å²) in [6, 6.07) is 19.3. The summed E-state index contributed by atoms with van der Waals surface area (Å²) in [5.74, 6) is 1.40. The van der Waals surface area contributed by atoms with Crippen molar-refractivity contribution in [3.8, 4) is 27.8 Å². The van der Waals surface area contributed by atoms with Gasteiger partial charge in [-0.3, -0.25) is 4.79 Å². The van der Waals surface area contributed by atoms with E-state index in [0.29, 0.717) is 17.2 Å². The minimum atomic E-state index is -0.137. The Morgan fingerprint density at radius 1 is 0.935 bits per heavy atom. The fourth-order valence-corrected chi connectivity index (χ4v) is 4.29. The lowest BCUT2D eigenvalue weighted by Crippen LogP contribution is -2.14. The molecule has 0 radical (unpaired) electrons. The van der Waals surface area contributed by atoms with Crippen LogP contribution in [0.15, 0.2) is 60.7 Å². The zero-order valence-corrected chi connectivity index (χ0v) is 18.3. The number of carbonyl (C=O) groups excluding carboxylic acids is 1. The van der Waals surface area contributed by atoms with E-state index in [2.05, 4.69) is 16.4 Å². The summed E-state index contributed by atoms with van der Waals surface area (Å²) in [5.41, 5.74) is 3.49. The van der Waals surface area contributed by atoms with E-state index in [-0.39, 0.29) is 12.3 Å². The molecule has 1 amide bonds. The highest BCUT2D eigenvalue weighted by molar-refractivity contribution is 7.21. The van der Waals surface area contributed by atoms with E-state index in [1.165, 1.54) is 0 Å². The first kappa shape index (κ1) is 20.7. The lowest BCUT2D eigenvalue weighted by Gasteiger charge is -2.14. The fraction of sp³-hybridized carbons (Fsp3) is 0.167. The van der Waals surface area contributed by atoms with Crippen molar-refractivity contribution >= 4 is 33.1 Å². The smallest absolute Gasteiger partial charge is 0.228 e. The van der Waals surface area contributed by atoms with Crippen molar-refractivity contribution in [1.29, 1.82) is 0 Å². The van der Waals surface area contributed by atoms with Gasteiger partial charge in [0.15, 0.2) is 11.5 Å². The molecule has 0 aliphatic heterocycles. The van der Waals surface area contributed by atoms with Crippen LogP contribution in [0.3, 0.4) is 0 Å². The lowest BCUT2D eigenvalue weighted by atomic mass is 10.1. The second-order valence-electron chi connectivity index (χ2n) is 6.82. The van der Waals surface area contributed by atoms with Gasteiger partial charge in [-0.1, -0.05) is 12.1 Å². The average molecular weight is 435 g/mol. The molecule has 6 nitrogen and oxygen atoms in total. The van der Waals surface area contributed by atoms with Gasteiger partial charge in [0.2, 0.25) is 11.7 Å². The fourth-order valence-electron chi connectivity index (χ4n) is 3.32. The Morgan fingerprint density at radius 2 is 1.61 bits per heavy atom. The molecule has 4 rings (SSSR count). The largest absolute Gasteiger partial charge is 0.493 e. The second-order valence-corrected chi connectivity index (χ2v) is 7.85. The van der Waals surface area contributed by atoms with Crippen LogP contribution in [0.5, 0.6) is 17.2 Å². The molecule has 0 atom stereocenters. The van der Waals surface area contributed by atoms with Crippen molar-refractivity contribution in [3.63, 3.8) is 0 Å². The van der Waals surface area contributed by atoms with Gasteiger partial charge in [-0.25, -0.2) is 4.98 Å². The minimum Gasteiger partial charge on any atom is -0.493 e. The van der Waals surface area contributed by atoms with E-state index in [0.717, 1.165) is 32.0 Å². The Labute approximate surface area is 184 Å². The molecule has 1 N–H and O–H groups in total. The van der Waals surface area contributed by atoms with Crippen molar-refractivity contribution in [2.45, 2.75) is 6.42 Å².